The number of fused-ring (bicyclic) bond motifs is 1. The Balaban J connectivity index is 1.85. The minimum Gasteiger partial charge on any atom is -0.477 e. The van der Waals surface area contributed by atoms with Crippen molar-refractivity contribution in [3.8, 4) is 0 Å². The minimum atomic E-state index is -1.13. The predicted molar refractivity (Wildman–Crippen MR) is 123 cm³/mol. The molecule has 3 aromatic rings. The number of carbonyl (C=O) groups is 2. The Morgan fingerprint density at radius 1 is 1.39 bits per heavy atom. The van der Waals surface area contributed by atoms with E-state index in [0.717, 1.165) is 4.88 Å². The SMILES string of the molecule is C[C@@H](Cc1oc2c(NCc3cccs3)cc(C(=O)O)nc2c1Br)NC(=O)OC(C)(C)C. The van der Waals surface area contributed by atoms with Crippen LogP contribution in [0.5, 0.6) is 0 Å². The van der Waals surface area contributed by atoms with E-state index in [1.54, 1.807) is 32.1 Å². The molecule has 8 nitrogen and oxygen atoms in total. The summed E-state index contributed by atoms with van der Waals surface area (Å²) in [6, 6.07) is 5.11. The number of aromatic carboxylic acids is 1. The number of aromatic nitrogens is 1. The molecule has 3 aromatic heterocycles. The van der Waals surface area contributed by atoms with Crippen LogP contribution in [0.4, 0.5) is 10.5 Å². The van der Waals surface area contributed by atoms with Gasteiger partial charge in [0.25, 0.3) is 0 Å². The highest BCUT2D eigenvalue weighted by Gasteiger charge is 2.23. The van der Waals surface area contributed by atoms with Crippen molar-refractivity contribution >= 4 is 56.1 Å². The van der Waals surface area contributed by atoms with Gasteiger partial charge in [0.2, 0.25) is 0 Å². The smallest absolute Gasteiger partial charge is 0.407 e. The van der Waals surface area contributed by atoms with Crippen LogP contribution in [0, 0.1) is 0 Å². The topological polar surface area (TPSA) is 114 Å². The minimum absolute atomic E-state index is 0.0887. The van der Waals surface area contributed by atoms with E-state index in [2.05, 4.69) is 31.5 Å². The zero-order valence-corrected chi connectivity index (χ0v) is 20.0. The maximum atomic E-state index is 12.0. The lowest BCUT2D eigenvalue weighted by Crippen LogP contribution is -2.38. The monoisotopic (exact) mass is 509 g/mol. The van der Waals surface area contributed by atoms with Gasteiger partial charge in [-0.25, -0.2) is 14.6 Å². The number of hydrogen-bond acceptors (Lipinski definition) is 7. The molecular formula is C21H24BrN3O5S. The molecule has 0 spiro atoms. The van der Waals surface area contributed by atoms with Gasteiger partial charge in [-0.15, -0.1) is 11.3 Å². The number of alkyl carbamates (subject to hydrolysis) is 1. The Labute approximate surface area is 192 Å². The second-order valence-electron chi connectivity index (χ2n) is 8.06. The summed E-state index contributed by atoms with van der Waals surface area (Å²) in [5.74, 6) is -0.580. The van der Waals surface area contributed by atoms with Crippen molar-refractivity contribution in [1.29, 1.82) is 0 Å². The molecule has 0 saturated heterocycles. The van der Waals surface area contributed by atoms with E-state index < -0.39 is 17.7 Å². The number of nitrogens with zero attached hydrogens (tertiary/aromatic N) is 1. The van der Waals surface area contributed by atoms with Crippen LogP contribution in [0.15, 0.2) is 32.5 Å². The zero-order chi connectivity index (χ0) is 22.8. The van der Waals surface area contributed by atoms with E-state index in [9.17, 15) is 14.7 Å². The van der Waals surface area contributed by atoms with E-state index in [4.69, 9.17) is 9.15 Å². The van der Waals surface area contributed by atoms with Crippen LogP contribution >= 0.6 is 27.3 Å². The van der Waals surface area contributed by atoms with Gasteiger partial charge in [-0.1, -0.05) is 6.07 Å². The molecule has 0 unspecified atom stereocenters. The fourth-order valence-electron chi connectivity index (χ4n) is 2.89. The second-order valence-corrected chi connectivity index (χ2v) is 9.89. The summed E-state index contributed by atoms with van der Waals surface area (Å²) in [6.07, 6.45) is -0.153. The molecule has 10 heteroatoms. The van der Waals surface area contributed by atoms with E-state index in [1.807, 2.05) is 24.4 Å². The number of amides is 1. The molecule has 0 saturated carbocycles. The highest BCUT2D eigenvalue weighted by molar-refractivity contribution is 9.10. The van der Waals surface area contributed by atoms with E-state index in [-0.39, 0.29) is 11.7 Å². The fraction of sp³-hybridized carbons (Fsp3) is 0.381. The molecule has 3 heterocycles. The first-order valence-corrected chi connectivity index (χ1v) is 11.3. The summed E-state index contributed by atoms with van der Waals surface area (Å²) in [7, 11) is 0. The van der Waals surface area contributed by atoms with Gasteiger partial charge in [-0.2, -0.15) is 0 Å². The van der Waals surface area contributed by atoms with Crippen molar-refractivity contribution in [3.63, 3.8) is 0 Å². The number of carboxylic acid groups (broad SMARTS) is 1. The van der Waals surface area contributed by atoms with Crippen LogP contribution in [-0.4, -0.2) is 33.8 Å². The number of ether oxygens (including phenoxy) is 1. The second kappa shape index (κ2) is 9.27. The number of nitrogens with one attached hydrogen (secondary N) is 2. The van der Waals surface area contributed by atoms with Crippen LogP contribution in [0.25, 0.3) is 11.1 Å². The van der Waals surface area contributed by atoms with Crippen molar-refractivity contribution in [1.82, 2.24) is 10.3 Å². The lowest BCUT2D eigenvalue weighted by atomic mass is 10.2. The van der Waals surface area contributed by atoms with Crippen LogP contribution in [0.3, 0.4) is 0 Å². The van der Waals surface area contributed by atoms with E-state index in [1.165, 1.54) is 6.07 Å². The number of hydrogen-bond donors (Lipinski definition) is 3. The normalized spacial score (nSPS) is 12.5. The number of rotatable bonds is 7. The van der Waals surface area contributed by atoms with Gasteiger partial charge in [0.05, 0.1) is 10.2 Å². The quantitative estimate of drug-likeness (QED) is 0.389. The van der Waals surface area contributed by atoms with Gasteiger partial charge in [-0.3, -0.25) is 0 Å². The number of carbonyl (C=O) groups excluding carboxylic acids is 1. The molecule has 0 aliphatic rings. The summed E-state index contributed by atoms with van der Waals surface area (Å²) in [5.41, 5.74) is 0.718. The number of pyridine rings is 1. The summed E-state index contributed by atoms with van der Waals surface area (Å²) in [5, 5.41) is 17.4. The zero-order valence-electron chi connectivity index (χ0n) is 17.6. The standard InChI is InChI=1S/C21H24BrN3O5S/c1-11(24-20(28)30-21(2,3)4)8-15-16(22)17-18(29-15)13(9-14(25-17)19(26)27)23-10-12-6-5-7-31-12/h5-7,9,11H,8,10H2,1-4H3,(H,23,25)(H,24,28)(H,26,27)/t11-/m0/s1. The Hall–Kier alpha value is -2.59. The number of anilines is 1. The summed E-state index contributed by atoms with van der Waals surface area (Å²) >= 11 is 5.08. The maximum absolute atomic E-state index is 12.0. The van der Waals surface area contributed by atoms with Crippen molar-refractivity contribution in [2.24, 2.45) is 0 Å². The molecular weight excluding hydrogens is 486 g/mol. The number of thiophene rings is 1. The van der Waals surface area contributed by atoms with Gasteiger partial charge in [0, 0.05) is 23.9 Å². The van der Waals surface area contributed by atoms with Gasteiger partial charge in [0.1, 0.15) is 16.9 Å². The van der Waals surface area contributed by atoms with Crippen LogP contribution < -0.4 is 10.6 Å². The number of halogens is 1. The predicted octanol–water partition coefficient (Wildman–Crippen LogP) is 5.42. The molecule has 1 amide bonds. The third kappa shape index (κ3) is 5.98. The lowest BCUT2D eigenvalue weighted by molar-refractivity contribution is 0.0507. The first-order chi connectivity index (χ1) is 14.5. The Kier molecular flexibility index (Phi) is 6.90. The number of carboxylic acids is 1. The van der Waals surface area contributed by atoms with Gasteiger partial charge < -0.3 is 24.9 Å². The maximum Gasteiger partial charge on any atom is 0.407 e. The first-order valence-electron chi connectivity index (χ1n) is 9.64. The Morgan fingerprint density at radius 3 is 2.74 bits per heavy atom. The van der Waals surface area contributed by atoms with Crippen LogP contribution in [0.1, 0.15) is 48.8 Å². The molecule has 0 fully saturated rings. The van der Waals surface area contributed by atoms with Gasteiger partial charge in [0.15, 0.2) is 11.3 Å². The third-order valence-corrected chi connectivity index (χ3v) is 5.85. The van der Waals surface area contributed by atoms with Crippen LogP contribution in [-0.2, 0) is 17.7 Å². The summed E-state index contributed by atoms with van der Waals surface area (Å²) in [6.45, 7) is 7.74. The van der Waals surface area contributed by atoms with Crippen LogP contribution in [0.2, 0.25) is 0 Å². The van der Waals surface area contributed by atoms with Gasteiger partial charge in [-0.05, 0) is 61.1 Å². The van der Waals surface area contributed by atoms with E-state index >= 15 is 0 Å². The van der Waals surface area contributed by atoms with Gasteiger partial charge >= 0.3 is 12.1 Å². The molecule has 0 aromatic carbocycles. The highest BCUT2D eigenvalue weighted by Crippen LogP contribution is 2.35. The van der Waals surface area contributed by atoms with Crippen molar-refractivity contribution in [2.75, 3.05) is 5.32 Å². The third-order valence-electron chi connectivity index (χ3n) is 4.16. The molecule has 3 rings (SSSR count). The molecule has 0 aliphatic carbocycles. The molecule has 166 valence electrons. The van der Waals surface area contributed by atoms with E-state index in [0.29, 0.717) is 40.0 Å². The fourth-order valence-corrected chi connectivity index (χ4v) is 4.05. The molecule has 31 heavy (non-hydrogen) atoms. The summed E-state index contributed by atoms with van der Waals surface area (Å²) in [4.78, 5) is 28.9. The number of furan rings is 1. The van der Waals surface area contributed by atoms with Crippen molar-refractivity contribution in [2.45, 2.75) is 52.3 Å². The molecule has 1 atom stereocenters. The molecule has 0 radical (unpaired) electrons. The average molecular weight is 510 g/mol. The average Bonchev–Trinajstić information content (AvgIpc) is 3.27. The lowest BCUT2D eigenvalue weighted by Gasteiger charge is -2.21. The first kappa shape index (κ1) is 23.1. The summed E-state index contributed by atoms with van der Waals surface area (Å²) < 4.78 is 11.9. The highest BCUT2D eigenvalue weighted by atomic mass is 79.9. The van der Waals surface area contributed by atoms with Crippen molar-refractivity contribution < 1.29 is 23.8 Å². The Bertz CT molecular complexity index is 1090. The molecule has 3 N–H and O–H groups in total. The Morgan fingerprint density at radius 2 is 2.13 bits per heavy atom. The largest absolute Gasteiger partial charge is 0.477 e. The molecule has 0 bridgehead atoms. The molecule has 0 aliphatic heterocycles. The van der Waals surface area contributed by atoms with Crippen molar-refractivity contribution in [3.05, 3.63) is 44.4 Å².